The number of sulfonamides is 1. The summed E-state index contributed by atoms with van der Waals surface area (Å²) in [5.41, 5.74) is 3.05. The first-order valence-corrected chi connectivity index (χ1v) is 12.4. The summed E-state index contributed by atoms with van der Waals surface area (Å²) >= 11 is 5.87. The molecule has 0 aliphatic carbocycles. The van der Waals surface area contributed by atoms with Gasteiger partial charge in [0.05, 0.1) is 11.8 Å². The minimum absolute atomic E-state index is 0.00295. The number of hydrogen-bond acceptors (Lipinski definition) is 3. The molecule has 1 aliphatic heterocycles. The van der Waals surface area contributed by atoms with Gasteiger partial charge in [-0.05, 0) is 55.0 Å². The van der Waals surface area contributed by atoms with Gasteiger partial charge in [-0.1, -0.05) is 54.9 Å². The summed E-state index contributed by atoms with van der Waals surface area (Å²) in [6.07, 6.45) is 2.06. The Hall–Kier alpha value is -1.89. The van der Waals surface area contributed by atoms with Crippen LogP contribution in [0.2, 0.25) is 5.02 Å². The number of halogens is 1. The highest BCUT2D eigenvalue weighted by atomic mass is 35.5. The Morgan fingerprint density at radius 2 is 1.63 bits per heavy atom. The minimum atomic E-state index is -3.41. The van der Waals surface area contributed by atoms with Crippen molar-refractivity contribution >= 4 is 27.5 Å². The summed E-state index contributed by atoms with van der Waals surface area (Å²) in [5, 5.41) is 3.66. The maximum absolute atomic E-state index is 12.7. The molecule has 0 spiro atoms. The summed E-state index contributed by atoms with van der Waals surface area (Å²) in [5.74, 6) is -0.215. The zero-order valence-electron chi connectivity index (χ0n) is 17.5. The minimum Gasteiger partial charge on any atom is -0.349 e. The predicted octanol–water partition coefficient (Wildman–Crippen LogP) is 4.32. The van der Waals surface area contributed by atoms with Crippen molar-refractivity contribution in [2.24, 2.45) is 5.92 Å². The zero-order chi connectivity index (χ0) is 21.7. The highest BCUT2D eigenvalue weighted by Gasteiger charge is 2.31. The van der Waals surface area contributed by atoms with Crippen molar-refractivity contribution in [3.8, 4) is 0 Å². The van der Waals surface area contributed by atoms with Crippen LogP contribution in [-0.4, -0.2) is 31.7 Å². The van der Waals surface area contributed by atoms with Gasteiger partial charge >= 0.3 is 0 Å². The van der Waals surface area contributed by atoms with E-state index in [0.29, 0.717) is 36.5 Å². The van der Waals surface area contributed by atoms with Crippen molar-refractivity contribution in [1.82, 2.24) is 9.62 Å². The summed E-state index contributed by atoms with van der Waals surface area (Å²) in [7, 11) is -3.41. The Kier molecular flexibility index (Phi) is 7.55. The second kappa shape index (κ2) is 9.94. The van der Waals surface area contributed by atoms with Crippen LogP contribution in [0.15, 0.2) is 48.5 Å². The van der Waals surface area contributed by atoms with Gasteiger partial charge in [0.15, 0.2) is 0 Å². The summed E-state index contributed by atoms with van der Waals surface area (Å²) in [6.45, 7) is 4.83. The van der Waals surface area contributed by atoms with E-state index >= 15 is 0 Å². The van der Waals surface area contributed by atoms with Crippen molar-refractivity contribution in [3.63, 3.8) is 0 Å². The van der Waals surface area contributed by atoms with Crippen LogP contribution < -0.4 is 5.32 Å². The topological polar surface area (TPSA) is 66.5 Å². The van der Waals surface area contributed by atoms with Gasteiger partial charge in [-0.15, -0.1) is 0 Å². The number of benzene rings is 2. The molecule has 0 saturated carbocycles. The fraction of sp³-hybridized carbons (Fsp3) is 0.435. The van der Waals surface area contributed by atoms with Crippen LogP contribution >= 0.6 is 11.6 Å². The lowest BCUT2D eigenvalue weighted by Crippen LogP contribution is -2.43. The van der Waals surface area contributed by atoms with Crippen molar-refractivity contribution in [3.05, 3.63) is 70.2 Å². The van der Waals surface area contributed by atoms with Crippen LogP contribution in [0.25, 0.3) is 0 Å². The van der Waals surface area contributed by atoms with Gasteiger partial charge in [0.1, 0.15) is 0 Å². The van der Waals surface area contributed by atoms with Crippen molar-refractivity contribution in [1.29, 1.82) is 0 Å². The summed E-state index contributed by atoms with van der Waals surface area (Å²) < 4.78 is 26.9. The standard InChI is InChI=1S/C23H29ClN2O3S/c1-3-18-4-8-20(9-5-18)17(2)25-23(27)21-12-14-26(15-13-21)30(28,29)16-19-6-10-22(24)11-7-19/h4-11,17,21H,3,12-16H2,1-2H3,(H,25,27)/t17-/m0/s1. The number of rotatable bonds is 7. The number of aryl methyl sites for hydroxylation is 1. The third-order valence-corrected chi connectivity index (χ3v) is 7.83. The molecule has 7 heteroatoms. The molecule has 1 atom stereocenters. The normalized spacial score (nSPS) is 16.9. The van der Waals surface area contributed by atoms with Crippen LogP contribution in [0.3, 0.4) is 0 Å². The molecular weight excluding hydrogens is 420 g/mol. The van der Waals surface area contributed by atoms with Crippen molar-refractivity contribution in [2.45, 2.75) is 44.9 Å². The van der Waals surface area contributed by atoms with Crippen molar-refractivity contribution in [2.75, 3.05) is 13.1 Å². The lowest BCUT2D eigenvalue weighted by Gasteiger charge is -2.31. The van der Waals surface area contributed by atoms with Crippen LogP contribution in [0.4, 0.5) is 0 Å². The molecule has 30 heavy (non-hydrogen) atoms. The molecule has 3 rings (SSSR count). The van der Waals surface area contributed by atoms with E-state index in [1.54, 1.807) is 24.3 Å². The average Bonchev–Trinajstić information content (AvgIpc) is 2.75. The van der Waals surface area contributed by atoms with Gasteiger partial charge in [-0.3, -0.25) is 4.79 Å². The third-order valence-electron chi connectivity index (χ3n) is 5.73. The van der Waals surface area contributed by atoms with E-state index in [0.717, 1.165) is 12.0 Å². The number of piperidine rings is 1. The SMILES string of the molecule is CCc1ccc([C@H](C)NC(=O)C2CCN(S(=O)(=O)Cc3ccc(Cl)cc3)CC2)cc1. The maximum Gasteiger partial charge on any atom is 0.223 e. The van der Waals surface area contributed by atoms with Gasteiger partial charge in [-0.25, -0.2) is 12.7 Å². The lowest BCUT2D eigenvalue weighted by atomic mass is 9.96. The smallest absolute Gasteiger partial charge is 0.223 e. The Labute approximate surface area is 184 Å². The molecule has 0 unspecified atom stereocenters. The predicted molar refractivity (Wildman–Crippen MR) is 121 cm³/mol. The van der Waals surface area contributed by atoms with Gasteiger partial charge in [0, 0.05) is 24.0 Å². The lowest BCUT2D eigenvalue weighted by molar-refractivity contribution is -0.126. The summed E-state index contributed by atoms with van der Waals surface area (Å²) in [6, 6.07) is 15.0. The van der Waals surface area contributed by atoms with Crippen LogP contribution in [-0.2, 0) is 27.0 Å². The Balaban J connectivity index is 1.52. The molecule has 2 aromatic rings. The average molecular weight is 449 g/mol. The first-order valence-electron chi connectivity index (χ1n) is 10.4. The maximum atomic E-state index is 12.7. The van der Waals surface area contributed by atoms with E-state index in [1.807, 2.05) is 6.92 Å². The molecule has 1 N–H and O–H groups in total. The number of carbonyl (C=O) groups is 1. The first-order chi connectivity index (χ1) is 14.3. The van der Waals surface area contributed by atoms with Crippen LogP contribution in [0.1, 0.15) is 49.4 Å². The van der Waals surface area contributed by atoms with E-state index in [1.165, 1.54) is 9.87 Å². The largest absolute Gasteiger partial charge is 0.349 e. The molecule has 1 saturated heterocycles. The first kappa shape index (κ1) is 22.8. The van der Waals surface area contributed by atoms with Gasteiger partial charge < -0.3 is 5.32 Å². The highest BCUT2D eigenvalue weighted by molar-refractivity contribution is 7.88. The summed E-state index contributed by atoms with van der Waals surface area (Å²) in [4.78, 5) is 12.7. The van der Waals surface area contributed by atoms with E-state index in [4.69, 9.17) is 11.6 Å². The number of carbonyl (C=O) groups excluding carboxylic acids is 1. The fourth-order valence-corrected chi connectivity index (χ4v) is 5.42. The number of hydrogen-bond donors (Lipinski definition) is 1. The molecule has 162 valence electrons. The monoisotopic (exact) mass is 448 g/mol. The number of nitrogens with one attached hydrogen (secondary N) is 1. The number of amides is 1. The second-order valence-corrected chi connectivity index (χ2v) is 10.3. The molecule has 2 aromatic carbocycles. The molecule has 0 bridgehead atoms. The molecule has 1 amide bonds. The van der Waals surface area contributed by atoms with Gasteiger partial charge in [0.2, 0.25) is 15.9 Å². The Morgan fingerprint density at radius 1 is 1.07 bits per heavy atom. The van der Waals surface area contributed by atoms with Crippen LogP contribution in [0.5, 0.6) is 0 Å². The van der Waals surface area contributed by atoms with E-state index in [-0.39, 0.29) is 23.6 Å². The molecular formula is C23H29ClN2O3S. The number of nitrogens with zero attached hydrogens (tertiary/aromatic N) is 1. The molecule has 0 aromatic heterocycles. The molecule has 0 radical (unpaired) electrons. The van der Waals surface area contributed by atoms with Crippen LogP contribution in [0, 0.1) is 5.92 Å². The quantitative estimate of drug-likeness (QED) is 0.685. The van der Waals surface area contributed by atoms with Gasteiger partial charge in [-0.2, -0.15) is 0 Å². The highest BCUT2D eigenvalue weighted by Crippen LogP contribution is 2.23. The Bertz CT molecular complexity index is 951. The molecule has 1 heterocycles. The van der Waals surface area contributed by atoms with E-state index < -0.39 is 10.0 Å². The second-order valence-electron chi connectivity index (χ2n) is 7.88. The van der Waals surface area contributed by atoms with E-state index in [2.05, 4.69) is 36.5 Å². The van der Waals surface area contributed by atoms with Crippen molar-refractivity contribution < 1.29 is 13.2 Å². The molecule has 1 fully saturated rings. The van der Waals surface area contributed by atoms with E-state index in [9.17, 15) is 13.2 Å². The fourth-order valence-electron chi connectivity index (χ4n) is 3.74. The molecule has 5 nitrogen and oxygen atoms in total. The zero-order valence-corrected chi connectivity index (χ0v) is 19.0. The van der Waals surface area contributed by atoms with Gasteiger partial charge in [0.25, 0.3) is 0 Å². The molecule has 1 aliphatic rings. The Morgan fingerprint density at radius 3 is 2.20 bits per heavy atom. The third kappa shape index (κ3) is 5.84.